The highest BCUT2D eigenvalue weighted by Crippen LogP contribution is 2.54. The zero-order valence-corrected chi connectivity index (χ0v) is 11.3. The Kier molecular flexibility index (Phi) is 2.89. The number of hydrogen-bond donors (Lipinski definition) is 2. The highest BCUT2D eigenvalue weighted by molar-refractivity contribution is 5.47. The van der Waals surface area contributed by atoms with E-state index in [4.69, 9.17) is 0 Å². The van der Waals surface area contributed by atoms with Crippen molar-refractivity contribution in [3.8, 4) is 0 Å². The molecular weight excluding hydrogens is 236 g/mol. The molecule has 0 radical (unpaired) electrons. The molecule has 19 heavy (non-hydrogen) atoms. The number of allylic oxidation sites excluding steroid dienone is 4. The molecule has 0 amide bonds. The minimum absolute atomic E-state index is 0.0981. The second kappa shape index (κ2) is 4.44. The molecule has 1 aromatic carbocycles. The summed E-state index contributed by atoms with van der Waals surface area (Å²) < 4.78 is 0. The zero-order chi connectivity index (χ0) is 13.5. The highest BCUT2D eigenvalue weighted by atomic mass is 16.3. The van der Waals surface area contributed by atoms with E-state index in [0.717, 1.165) is 18.4 Å². The Morgan fingerprint density at radius 3 is 2.37 bits per heavy atom. The van der Waals surface area contributed by atoms with Gasteiger partial charge in [-0.15, -0.1) is 0 Å². The second-order valence-electron chi connectivity index (χ2n) is 5.96. The molecule has 2 heteroatoms. The smallest absolute Gasteiger partial charge is 0.0969 e. The Balaban J connectivity index is 2.08. The van der Waals surface area contributed by atoms with Crippen molar-refractivity contribution >= 4 is 0 Å². The topological polar surface area (TPSA) is 40.5 Å². The lowest BCUT2D eigenvalue weighted by Crippen LogP contribution is -2.42. The van der Waals surface area contributed by atoms with Crippen molar-refractivity contribution in [1.29, 1.82) is 0 Å². The van der Waals surface area contributed by atoms with Gasteiger partial charge in [0.2, 0.25) is 0 Å². The maximum Gasteiger partial charge on any atom is 0.0969 e. The fourth-order valence-corrected chi connectivity index (χ4v) is 3.62. The fourth-order valence-electron chi connectivity index (χ4n) is 3.62. The molecule has 0 aromatic heterocycles. The third kappa shape index (κ3) is 1.95. The van der Waals surface area contributed by atoms with Crippen molar-refractivity contribution in [2.75, 3.05) is 0 Å². The van der Waals surface area contributed by atoms with Gasteiger partial charge in [0.15, 0.2) is 0 Å². The summed E-state index contributed by atoms with van der Waals surface area (Å²) in [5.41, 5.74) is 2.08. The Labute approximate surface area is 114 Å². The summed E-state index contributed by atoms with van der Waals surface area (Å²) in [5, 5.41) is 20.1. The molecule has 0 saturated heterocycles. The second-order valence-corrected chi connectivity index (χ2v) is 5.96. The highest BCUT2D eigenvalue weighted by Gasteiger charge is 2.47. The number of aliphatic hydroxyl groups excluding tert-OH is 2. The lowest BCUT2D eigenvalue weighted by molar-refractivity contribution is 0.187. The van der Waals surface area contributed by atoms with Crippen LogP contribution in [0, 0.1) is 5.92 Å². The monoisotopic (exact) mass is 256 g/mol. The van der Waals surface area contributed by atoms with Crippen LogP contribution in [0.25, 0.3) is 0 Å². The van der Waals surface area contributed by atoms with E-state index in [0.29, 0.717) is 30.3 Å². The Bertz CT molecular complexity index is 534. The van der Waals surface area contributed by atoms with E-state index in [9.17, 15) is 10.2 Å². The van der Waals surface area contributed by atoms with Crippen molar-refractivity contribution in [2.24, 2.45) is 5.92 Å². The van der Waals surface area contributed by atoms with E-state index in [2.05, 4.69) is 19.1 Å². The number of aliphatic hydroxyl groups is 2. The predicted molar refractivity (Wildman–Crippen MR) is 76.1 cm³/mol. The third-order valence-electron chi connectivity index (χ3n) is 4.48. The van der Waals surface area contributed by atoms with Gasteiger partial charge in [-0.05, 0) is 30.4 Å². The summed E-state index contributed by atoms with van der Waals surface area (Å²) in [7, 11) is 0. The van der Waals surface area contributed by atoms with Crippen LogP contribution in [-0.4, -0.2) is 10.2 Å². The standard InChI is InChI=1S/C17H20O2/c1-12-10-17(11-12,13-5-3-2-4-6-13)15-9-14(18)7-8-16(15)19/h2-6,9,12,18-19H,7-8,10-11H2,1H3. The summed E-state index contributed by atoms with van der Waals surface area (Å²) in [4.78, 5) is 0. The first-order valence-electron chi connectivity index (χ1n) is 6.99. The average molecular weight is 256 g/mol. The molecule has 2 nitrogen and oxygen atoms in total. The third-order valence-corrected chi connectivity index (χ3v) is 4.48. The van der Waals surface area contributed by atoms with Crippen LogP contribution in [0.3, 0.4) is 0 Å². The van der Waals surface area contributed by atoms with Gasteiger partial charge in [0.25, 0.3) is 0 Å². The normalized spacial score (nSPS) is 30.8. The number of benzene rings is 1. The summed E-state index contributed by atoms with van der Waals surface area (Å²) in [5.74, 6) is 1.51. The largest absolute Gasteiger partial charge is 0.512 e. The van der Waals surface area contributed by atoms with E-state index >= 15 is 0 Å². The van der Waals surface area contributed by atoms with Crippen molar-refractivity contribution < 1.29 is 10.2 Å². The lowest BCUT2D eigenvalue weighted by atomic mass is 9.55. The van der Waals surface area contributed by atoms with E-state index in [1.165, 1.54) is 5.56 Å². The van der Waals surface area contributed by atoms with Gasteiger partial charge in [0.1, 0.15) is 0 Å². The molecule has 3 rings (SSSR count). The summed E-state index contributed by atoms with van der Waals surface area (Å²) in [6, 6.07) is 10.4. The van der Waals surface area contributed by atoms with Crippen LogP contribution in [0.5, 0.6) is 0 Å². The predicted octanol–water partition coefficient (Wildman–Crippen LogP) is 4.40. The molecule has 0 atom stereocenters. The molecular formula is C17H20O2. The van der Waals surface area contributed by atoms with Crippen molar-refractivity contribution in [1.82, 2.24) is 0 Å². The molecule has 100 valence electrons. The van der Waals surface area contributed by atoms with Crippen LogP contribution in [0.4, 0.5) is 0 Å². The summed E-state index contributed by atoms with van der Waals surface area (Å²) in [6.07, 6.45) is 4.98. The molecule has 1 aromatic rings. The molecule has 2 N–H and O–H groups in total. The van der Waals surface area contributed by atoms with Gasteiger partial charge in [0, 0.05) is 23.8 Å². The first-order chi connectivity index (χ1) is 9.12. The van der Waals surface area contributed by atoms with Gasteiger partial charge in [-0.2, -0.15) is 0 Å². The van der Waals surface area contributed by atoms with E-state index < -0.39 is 0 Å². The molecule has 1 saturated carbocycles. The minimum Gasteiger partial charge on any atom is -0.512 e. The van der Waals surface area contributed by atoms with Crippen LogP contribution < -0.4 is 0 Å². The first kappa shape index (κ1) is 12.3. The van der Waals surface area contributed by atoms with E-state index in [1.807, 2.05) is 18.2 Å². The van der Waals surface area contributed by atoms with Gasteiger partial charge in [-0.3, -0.25) is 0 Å². The van der Waals surface area contributed by atoms with Crippen LogP contribution in [0.2, 0.25) is 0 Å². The van der Waals surface area contributed by atoms with Gasteiger partial charge >= 0.3 is 0 Å². The molecule has 2 aliphatic rings. The number of hydrogen-bond acceptors (Lipinski definition) is 2. The molecule has 0 bridgehead atoms. The summed E-state index contributed by atoms with van der Waals surface area (Å²) >= 11 is 0. The molecule has 1 fully saturated rings. The van der Waals surface area contributed by atoms with Gasteiger partial charge in [-0.25, -0.2) is 0 Å². The molecule has 0 spiro atoms. The van der Waals surface area contributed by atoms with Crippen molar-refractivity contribution in [2.45, 2.75) is 38.0 Å². The van der Waals surface area contributed by atoms with Gasteiger partial charge < -0.3 is 10.2 Å². The van der Waals surface area contributed by atoms with Crippen molar-refractivity contribution in [3.05, 3.63) is 59.1 Å². The molecule has 0 heterocycles. The van der Waals surface area contributed by atoms with Crippen LogP contribution in [0.15, 0.2) is 53.5 Å². The quantitative estimate of drug-likeness (QED) is 0.823. The molecule has 0 aliphatic heterocycles. The molecule has 2 aliphatic carbocycles. The SMILES string of the molecule is CC1CC(C2=C(O)CCC(O)=C2)(c2ccccc2)C1. The van der Waals surface area contributed by atoms with Crippen LogP contribution in [-0.2, 0) is 5.41 Å². The maximum atomic E-state index is 10.3. The first-order valence-corrected chi connectivity index (χ1v) is 6.99. The summed E-state index contributed by atoms with van der Waals surface area (Å²) in [6.45, 7) is 2.24. The lowest BCUT2D eigenvalue weighted by Gasteiger charge is -2.49. The Hall–Kier alpha value is -1.70. The van der Waals surface area contributed by atoms with Crippen LogP contribution >= 0.6 is 0 Å². The Morgan fingerprint density at radius 1 is 1.05 bits per heavy atom. The van der Waals surface area contributed by atoms with E-state index in [1.54, 1.807) is 6.08 Å². The molecule has 0 unspecified atom stereocenters. The fraction of sp³-hybridized carbons (Fsp3) is 0.412. The van der Waals surface area contributed by atoms with Gasteiger partial charge in [-0.1, -0.05) is 37.3 Å². The van der Waals surface area contributed by atoms with E-state index in [-0.39, 0.29) is 5.41 Å². The van der Waals surface area contributed by atoms with Gasteiger partial charge in [0.05, 0.1) is 11.5 Å². The zero-order valence-electron chi connectivity index (χ0n) is 11.3. The maximum absolute atomic E-state index is 10.3. The van der Waals surface area contributed by atoms with Crippen molar-refractivity contribution in [3.63, 3.8) is 0 Å². The minimum atomic E-state index is -0.0981. The number of rotatable bonds is 2. The average Bonchev–Trinajstić information content (AvgIpc) is 2.39. The Morgan fingerprint density at radius 2 is 1.74 bits per heavy atom. The van der Waals surface area contributed by atoms with Crippen LogP contribution in [0.1, 0.15) is 38.2 Å².